The second-order valence-corrected chi connectivity index (χ2v) is 6.72. The Morgan fingerprint density at radius 1 is 1.12 bits per heavy atom. The van der Waals surface area contributed by atoms with Gasteiger partial charge in [0.05, 0.1) is 13.2 Å². The van der Waals surface area contributed by atoms with Crippen LogP contribution in [0.2, 0.25) is 0 Å². The average molecular weight is 354 g/mol. The number of carbonyl (C=O) groups is 1. The van der Waals surface area contributed by atoms with E-state index in [0.717, 1.165) is 30.0 Å². The normalized spacial score (nSPS) is 14.2. The first-order valence-electron chi connectivity index (χ1n) is 8.85. The molecule has 1 fully saturated rings. The van der Waals surface area contributed by atoms with E-state index in [-0.39, 0.29) is 5.91 Å². The number of hydrogen-bond acceptors (Lipinski definition) is 5. The molecule has 1 aliphatic heterocycles. The Labute approximate surface area is 155 Å². The third-order valence-electron chi connectivity index (χ3n) is 4.56. The Balaban J connectivity index is 1.68. The molecule has 0 spiro atoms. The summed E-state index contributed by atoms with van der Waals surface area (Å²) in [6, 6.07) is 12.0. The number of carbonyl (C=O) groups excluding carboxylic acids is 1. The van der Waals surface area contributed by atoms with Crippen LogP contribution in [0.15, 0.2) is 42.6 Å². The van der Waals surface area contributed by atoms with E-state index in [1.807, 2.05) is 33.3 Å². The maximum atomic E-state index is 12.8. The van der Waals surface area contributed by atoms with E-state index in [1.54, 1.807) is 11.1 Å². The van der Waals surface area contributed by atoms with Crippen LogP contribution in [0.1, 0.15) is 16.1 Å². The molecule has 0 atom stereocenters. The van der Waals surface area contributed by atoms with E-state index in [2.05, 4.69) is 39.0 Å². The van der Waals surface area contributed by atoms with Crippen LogP contribution < -0.4 is 9.80 Å². The van der Waals surface area contributed by atoms with E-state index in [4.69, 9.17) is 4.74 Å². The number of benzene rings is 1. The highest BCUT2D eigenvalue weighted by Gasteiger charge is 2.17. The van der Waals surface area contributed by atoms with Gasteiger partial charge in [-0.2, -0.15) is 0 Å². The largest absolute Gasteiger partial charge is 0.378 e. The van der Waals surface area contributed by atoms with Crippen LogP contribution in [0.25, 0.3) is 0 Å². The van der Waals surface area contributed by atoms with Gasteiger partial charge in [-0.1, -0.05) is 12.1 Å². The lowest BCUT2D eigenvalue weighted by Crippen LogP contribution is -2.36. The van der Waals surface area contributed by atoms with Crippen molar-refractivity contribution in [2.75, 3.05) is 57.2 Å². The molecule has 0 aliphatic carbocycles. The van der Waals surface area contributed by atoms with Crippen molar-refractivity contribution in [2.45, 2.75) is 6.54 Å². The van der Waals surface area contributed by atoms with Gasteiger partial charge in [0.25, 0.3) is 5.91 Å². The predicted molar refractivity (Wildman–Crippen MR) is 104 cm³/mol. The molecular weight excluding hydrogens is 328 g/mol. The molecule has 26 heavy (non-hydrogen) atoms. The minimum Gasteiger partial charge on any atom is -0.378 e. The summed E-state index contributed by atoms with van der Waals surface area (Å²) in [4.78, 5) is 23.0. The first-order valence-corrected chi connectivity index (χ1v) is 8.85. The zero-order valence-electron chi connectivity index (χ0n) is 15.7. The fraction of sp³-hybridized carbons (Fsp3) is 0.400. The molecule has 0 radical (unpaired) electrons. The lowest BCUT2D eigenvalue weighted by atomic mass is 10.2. The molecule has 0 bridgehead atoms. The summed E-state index contributed by atoms with van der Waals surface area (Å²) in [5.74, 6) is -0.0724. The molecule has 138 valence electrons. The second kappa shape index (κ2) is 8.19. The standard InChI is InChI=1S/C20H26N4O2/c1-22(2)17-6-4-16(5-7-17)15-23(3)20(25)19-14-18(8-9-21-19)24-10-12-26-13-11-24/h4-9,14H,10-13,15H2,1-3H3. The Morgan fingerprint density at radius 3 is 2.46 bits per heavy atom. The van der Waals surface area contributed by atoms with Crippen molar-refractivity contribution in [3.8, 4) is 0 Å². The van der Waals surface area contributed by atoms with Gasteiger partial charge in [0.1, 0.15) is 5.69 Å². The molecule has 1 aliphatic rings. The molecular formula is C20H26N4O2. The van der Waals surface area contributed by atoms with Gasteiger partial charge in [-0.3, -0.25) is 9.78 Å². The Bertz CT molecular complexity index is 740. The van der Waals surface area contributed by atoms with Crippen LogP contribution in [0, 0.1) is 0 Å². The highest BCUT2D eigenvalue weighted by Crippen LogP contribution is 2.18. The maximum absolute atomic E-state index is 12.8. The summed E-state index contributed by atoms with van der Waals surface area (Å²) in [5.41, 5.74) is 3.73. The van der Waals surface area contributed by atoms with Gasteiger partial charge in [-0.05, 0) is 29.8 Å². The fourth-order valence-corrected chi connectivity index (χ4v) is 3.00. The SMILES string of the molecule is CN(Cc1ccc(N(C)C)cc1)C(=O)c1cc(N2CCOCC2)ccn1. The van der Waals surface area contributed by atoms with Crippen molar-refractivity contribution in [2.24, 2.45) is 0 Å². The summed E-state index contributed by atoms with van der Waals surface area (Å²) in [7, 11) is 5.83. The molecule has 0 unspecified atom stereocenters. The van der Waals surface area contributed by atoms with Crippen molar-refractivity contribution in [3.63, 3.8) is 0 Å². The van der Waals surface area contributed by atoms with Crippen molar-refractivity contribution in [3.05, 3.63) is 53.9 Å². The molecule has 2 aromatic rings. The van der Waals surface area contributed by atoms with E-state index in [9.17, 15) is 4.79 Å². The topological polar surface area (TPSA) is 48.9 Å². The Morgan fingerprint density at radius 2 is 1.81 bits per heavy atom. The van der Waals surface area contributed by atoms with Gasteiger partial charge in [-0.25, -0.2) is 0 Å². The molecule has 2 heterocycles. The summed E-state index contributed by atoms with van der Waals surface area (Å²) in [5, 5.41) is 0. The lowest BCUT2D eigenvalue weighted by Gasteiger charge is -2.29. The monoisotopic (exact) mass is 354 g/mol. The molecule has 3 rings (SSSR count). The van der Waals surface area contributed by atoms with Crippen molar-refractivity contribution >= 4 is 17.3 Å². The molecule has 0 saturated carbocycles. The van der Waals surface area contributed by atoms with E-state index >= 15 is 0 Å². The van der Waals surface area contributed by atoms with Gasteiger partial charge >= 0.3 is 0 Å². The predicted octanol–water partition coefficient (Wildman–Crippen LogP) is 2.26. The number of ether oxygens (including phenoxy) is 1. The molecule has 0 N–H and O–H groups in total. The number of rotatable bonds is 5. The molecule has 1 aromatic carbocycles. The van der Waals surface area contributed by atoms with Crippen LogP contribution in [0.4, 0.5) is 11.4 Å². The third kappa shape index (κ3) is 4.32. The number of pyridine rings is 1. The lowest BCUT2D eigenvalue weighted by molar-refractivity contribution is 0.0779. The van der Waals surface area contributed by atoms with Crippen molar-refractivity contribution in [1.29, 1.82) is 0 Å². The number of hydrogen-bond donors (Lipinski definition) is 0. The van der Waals surface area contributed by atoms with Gasteiger partial charge in [0, 0.05) is 58.3 Å². The number of anilines is 2. The van der Waals surface area contributed by atoms with Crippen molar-refractivity contribution < 1.29 is 9.53 Å². The quantitative estimate of drug-likeness (QED) is 0.824. The third-order valence-corrected chi connectivity index (χ3v) is 4.56. The Hall–Kier alpha value is -2.60. The first-order chi connectivity index (χ1) is 12.5. The van der Waals surface area contributed by atoms with Gasteiger partial charge in [0.2, 0.25) is 0 Å². The minimum absolute atomic E-state index is 0.0724. The number of morpholine rings is 1. The van der Waals surface area contributed by atoms with Crippen LogP contribution in [-0.2, 0) is 11.3 Å². The highest BCUT2D eigenvalue weighted by molar-refractivity contribution is 5.93. The Kier molecular flexibility index (Phi) is 5.73. The zero-order valence-corrected chi connectivity index (χ0v) is 15.7. The van der Waals surface area contributed by atoms with E-state index in [0.29, 0.717) is 25.5 Å². The molecule has 1 saturated heterocycles. The van der Waals surface area contributed by atoms with Gasteiger partial charge in [0.15, 0.2) is 0 Å². The molecule has 1 aromatic heterocycles. The summed E-state index contributed by atoms with van der Waals surface area (Å²) < 4.78 is 5.39. The minimum atomic E-state index is -0.0724. The van der Waals surface area contributed by atoms with Crippen LogP contribution in [0.5, 0.6) is 0 Å². The smallest absolute Gasteiger partial charge is 0.272 e. The van der Waals surface area contributed by atoms with Gasteiger partial charge < -0.3 is 19.4 Å². The summed E-state index contributed by atoms with van der Waals surface area (Å²) >= 11 is 0. The van der Waals surface area contributed by atoms with Crippen LogP contribution >= 0.6 is 0 Å². The zero-order chi connectivity index (χ0) is 18.5. The highest BCUT2D eigenvalue weighted by atomic mass is 16.5. The number of aromatic nitrogens is 1. The van der Waals surface area contributed by atoms with Crippen LogP contribution in [0.3, 0.4) is 0 Å². The van der Waals surface area contributed by atoms with Gasteiger partial charge in [-0.15, -0.1) is 0 Å². The first kappa shape index (κ1) is 18.2. The summed E-state index contributed by atoms with van der Waals surface area (Å²) in [6.45, 7) is 3.66. The molecule has 6 heteroatoms. The number of amides is 1. The summed E-state index contributed by atoms with van der Waals surface area (Å²) in [6.07, 6.45) is 1.71. The maximum Gasteiger partial charge on any atom is 0.272 e. The second-order valence-electron chi connectivity index (χ2n) is 6.72. The van der Waals surface area contributed by atoms with Crippen molar-refractivity contribution in [1.82, 2.24) is 9.88 Å². The van der Waals surface area contributed by atoms with E-state index < -0.39 is 0 Å². The average Bonchev–Trinajstić information content (AvgIpc) is 2.68. The fourth-order valence-electron chi connectivity index (χ4n) is 3.00. The molecule has 1 amide bonds. The van der Waals surface area contributed by atoms with E-state index in [1.165, 1.54) is 0 Å². The molecule has 6 nitrogen and oxygen atoms in total. The number of nitrogens with zero attached hydrogens (tertiary/aromatic N) is 4. The van der Waals surface area contributed by atoms with Crippen LogP contribution in [-0.4, -0.2) is 63.2 Å².